The lowest BCUT2D eigenvalue weighted by molar-refractivity contribution is 0.590. The van der Waals surface area contributed by atoms with Crippen LogP contribution in [0.3, 0.4) is 0 Å². The van der Waals surface area contributed by atoms with Gasteiger partial charge in [0.2, 0.25) is 0 Å². The molecular weight excluding hydrogens is 663 g/mol. The lowest BCUT2D eigenvalue weighted by Crippen LogP contribution is -2.14. The van der Waals surface area contributed by atoms with Crippen LogP contribution in [0.25, 0.3) is 28.5 Å². The lowest BCUT2D eigenvalue weighted by Gasteiger charge is -2.23. The fourth-order valence-corrected chi connectivity index (χ4v) is 6.58. The van der Waals surface area contributed by atoms with E-state index in [1.807, 2.05) is 32.0 Å². The molecule has 1 heteroatoms. The Hall–Kier alpha value is -5.40. The predicted molar refractivity (Wildman–Crippen MR) is 246 cm³/mol. The molecule has 0 N–H and O–H groups in total. The van der Waals surface area contributed by atoms with E-state index in [1.54, 1.807) is 0 Å². The van der Waals surface area contributed by atoms with Crippen molar-refractivity contribution in [1.82, 2.24) is 0 Å². The minimum Gasteiger partial charge on any atom is -0.317 e. The quantitative estimate of drug-likeness (QED) is 0.171. The van der Waals surface area contributed by atoms with Crippen molar-refractivity contribution < 1.29 is 0 Å². The van der Waals surface area contributed by atoms with Gasteiger partial charge < -0.3 is 4.90 Å². The smallest absolute Gasteiger partial charge is 0.0455 e. The standard InChI is InChI=1S/C35H35N.C10H14.C7H8.C2H6/c1-25-16-17-28-12-9-11-26(2)33-27(18-23-32(25)34(28)33)13-10-24-36(30-14-7-6-8-15-30)31-21-19-29(20-22-31)35(3,4)5;1-8(2)10-6-4-9(3)5-7-10;1-7-5-3-2-4-6-7;1-2/h6-8,10-24H,9H2,1-5H3;4-8H,1-3H3;2-6H,1H3;1-2H3/b24-10+,27-13-;;;. The third kappa shape index (κ3) is 11.8. The number of hydrogen-bond acceptors (Lipinski definition) is 1. The van der Waals surface area contributed by atoms with Crippen LogP contribution < -0.4 is 15.3 Å². The summed E-state index contributed by atoms with van der Waals surface area (Å²) >= 11 is 0. The SMILES string of the molecule is CC.CC1=CCC=c2ccc(C)c3cc/c(=C/C=C/N(c4ccccc4)c4ccc(C(C)(C)C)cc4)c1c23.Cc1ccc(C(C)C)cc1.Cc1ccccc1. The van der Waals surface area contributed by atoms with E-state index in [0.717, 1.165) is 17.8 Å². The maximum atomic E-state index is 2.35. The summed E-state index contributed by atoms with van der Waals surface area (Å²) in [6.07, 6.45) is 12.3. The molecule has 0 spiro atoms. The van der Waals surface area contributed by atoms with Gasteiger partial charge in [0.15, 0.2) is 0 Å². The summed E-state index contributed by atoms with van der Waals surface area (Å²) in [7, 11) is 0. The van der Waals surface area contributed by atoms with Crippen molar-refractivity contribution >= 4 is 39.9 Å². The molecule has 6 aromatic carbocycles. The molecule has 0 saturated carbocycles. The zero-order valence-corrected chi connectivity index (χ0v) is 35.3. The highest BCUT2D eigenvalue weighted by molar-refractivity contribution is 5.97. The molecule has 1 nitrogen and oxygen atoms in total. The third-order valence-corrected chi connectivity index (χ3v) is 9.86. The molecule has 0 fully saturated rings. The van der Waals surface area contributed by atoms with E-state index in [4.69, 9.17) is 0 Å². The number of aryl methyl sites for hydroxylation is 3. The highest BCUT2D eigenvalue weighted by Crippen LogP contribution is 2.30. The number of nitrogens with zero attached hydrogens (tertiary/aromatic N) is 1. The van der Waals surface area contributed by atoms with Crippen molar-refractivity contribution in [3.8, 4) is 0 Å². The Bertz CT molecular complexity index is 2260. The first kappa shape index (κ1) is 42.3. The van der Waals surface area contributed by atoms with Gasteiger partial charge in [-0.2, -0.15) is 0 Å². The van der Waals surface area contributed by atoms with Crippen LogP contribution >= 0.6 is 0 Å². The second-order valence-electron chi connectivity index (χ2n) is 15.5. The Balaban J connectivity index is 0.000000289. The summed E-state index contributed by atoms with van der Waals surface area (Å²) in [5.41, 5.74) is 11.9. The van der Waals surface area contributed by atoms with Crippen molar-refractivity contribution in [2.75, 3.05) is 4.90 Å². The molecule has 0 heterocycles. The Morgan fingerprint density at radius 3 is 1.75 bits per heavy atom. The van der Waals surface area contributed by atoms with Crippen molar-refractivity contribution in [2.45, 2.75) is 93.9 Å². The molecule has 284 valence electrons. The molecule has 0 bridgehead atoms. The molecule has 0 aromatic heterocycles. The van der Waals surface area contributed by atoms with Crippen LogP contribution in [0.5, 0.6) is 0 Å². The maximum Gasteiger partial charge on any atom is 0.0455 e. The molecule has 0 atom stereocenters. The van der Waals surface area contributed by atoms with E-state index in [1.165, 1.54) is 60.2 Å². The zero-order valence-electron chi connectivity index (χ0n) is 35.3. The Morgan fingerprint density at radius 2 is 1.18 bits per heavy atom. The number of allylic oxidation sites excluding steroid dienone is 3. The topological polar surface area (TPSA) is 3.24 Å². The van der Waals surface area contributed by atoms with Gasteiger partial charge in [-0.15, -0.1) is 0 Å². The minimum atomic E-state index is 0.135. The number of anilines is 2. The normalized spacial score (nSPS) is 12.3. The first-order valence-electron chi connectivity index (χ1n) is 20.0. The van der Waals surface area contributed by atoms with Crippen molar-refractivity contribution in [1.29, 1.82) is 0 Å². The summed E-state index contributed by atoms with van der Waals surface area (Å²) in [4.78, 5) is 2.26. The predicted octanol–water partition coefficient (Wildman–Crippen LogP) is 14.3. The highest BCUT2D eigenvalue weighted by atomic mass is 15.1. The van der Waals surface area contributed by atoms with Gasteiger partial charge in [-0.1, -0.05) is 187 Å². The Kier molecular flexibility index (Phi) is 15.7. The second kappa shape index (κ2) is 20.3. The molecule has 0 amide bonds. The number of hydrogen-bond donors (Lipinski definition) is 0. The van der Waals surface area contributed by atoms with Gasteiger partial charge in [0.25, 0.3) is 0 Å². The molecule has 1 aliphatic rings. The van der Waals surface area contributed by atoms with Crippen LogP contribution in [-0.4, -0.2) is 0 Å². The van der Waals surface area contributed by atoms with Crippen molar-refractivity contribution in [3.63, 3.8) is 0 Å². The summed E-state index contributed by atoms with van der Waals surface area (Å²) in [5.74, 6) is 0.653. The lowest BCUT2D eigenvalue weighted by atomic mass is 9.87. The van der Waals surface area contributed by atoms with E-state index in [-0.39, 0.29) is 5.41 Å². The maximum absolute atomic E-state index is 2.35. The van der Waals surface area contributed by atoms with Gasteiger partial charge in [0.1, 0.15) is 0 Å². The Labute approximate surface area is 333 Å². The number of rotatable bonds is 5. The highest BCUT2D eigenvalue weighted by Gasteiger charge is 2.14. The third-order valence-electron chi connectivity index (χ3n) is 9.86. The average Bonchev–Trinajstić information content (AvgIpc) is 3.36. The fourth-order valence-electron chi connectivity index (χ4n) is 6.58. The van der Waals surface area contributed by atoms with Gasteiger partial charge in [0.05, 0.1) is 0 Å². The Morgan fingerprint density at radius 1 is 0.600 bits per heavy atom. The zero-order chi connectivity index (χ0) is 40.0. The summed E-state index contributed by atoms with van der Waals surface area (Å²) < 4.78 is 0. The summed E-state index contributed by atoms with van der Waals surface area (Å²) in [5, 5.41) is 5.31. The van der Waals surface area contributed by atoms with Gasteiger partial charge in [0, 0.05) is 17.6 Å². The minimum absolute atomic E-state index is 0.135. The number of para-hydroxylation sites is 1. The van der Waals surface area contributed by atoms with Crippen LogP contribution in [0, 0.1) is 20.8 Å². The first-order chi connectivity index (χ1) is 26.4. The van der Waals surface area contributed by atoms with E-state index < -0.39 is 0 Å². The van der Waals surface area contributed by atoms with Crippen LogP contribution in [-0.2, 0) is 5.41 Å². The molecule has 6 aromatic rings. The van der Waals surface area contributed by atoms with Gasteiger partial charge in [-0.3, -0.25) is 0 Å². The van der Waals surface area contributed by atoms with E-state index in [0.29, 0.717) is 5.92 Å². The number of benzene rings is 6. The summed E-state index contributed by atoms with van der Waals surface area (Å²) in [6, 6.07) is 47.5. The second-order valence-corrected chi connectivity index (χ2v) is 15.5. The van der Waals surface area contributed by atoms with E-state index in [2.05, 4.69) is 213 Å². The molecule has 0 unspecified atom stereocenters. The largest absolute Gasteiger partial charge is 0.317 e. The molecular formula is C54H63N. The van der Waals surface area contributed by atoms with Crippen molar-refractivity contribution in [2.24, 2.45) is 0 Å². The van der Waals surface area contributed by atoms with Crippen LogP contribution in [0.15, 0.2) is 152 Å². The molecule has 0 radical (unpaired) electrons. The first-order valence-corrected chi connectivity index (χ1v) is 20.0. The van der Waals surface area contributed by atoms with Gasteiger partial charge in [-0.05, 0) is 125 Å². The van der Waals surface area contributed by atoms with Crippen LogP contribution in [0.2, 0.25) is 0 Å². The average molecular weight is 726 g/mol. The fraction of sp³-hybridized carbons (Fsp3) is 0.259. The van der Waals surface area contributed by atoms with E-state index >= 15 is 0 Å². The molecule has 7 rings (SSSR count). The molecule has 1 aliphatic carbocycles. The van der Waals surface area contributed by atoms with Crippen LogP contribution in [0.1, 0.15) is 101 Å². The summed E-state index contributed by atoms with van der Waals surface area (Å²) in [6.45, 7) is 23.8. The van der Waals surface area contributed by atoms with Gasteiger partial charge in [-0.25, -0.2) is 0 Å². The van der Waals surface area contributed by atoms with Gasteiger partial charge >= 0.3 is 0 Å². The molecule has 0 aliphatic heterocycles. The molecule has 0 saturated heterocycles. The molecule has 55 heavy (non-hydrogen) atoms. The monoisotopic (exact) mass is 725 g/mol. The van der Waals surface area contributed by atoms with Crippen molar-refractivity contribution in [3.05, 3.63) is 196 Å². The van der Waals surface area contributed by atoms with Crippen LogP contribution in [0.4, 0.5) is 11.4 Å². The van der Waals surface area contributed by atoms with E-state index in [9.17, 15) is 0 Å².